The zero-order valence-corrected chi connectivity index (χ0v) is 23.8. The van der Waals surface area contributed by atoms with Gasteiger partial charge < -0.3 is 33.2 Å². The molecule has 0 aliphatic heterocycles. The second-order valence-corrected chi connectivity index (χ2v) is 13.5. The van der Waals surface area contributed by atoms with Gasteiger partial charge in [0.05, 0.1) is 47.8 Å². The van der Waals surface area contributed by atoms with E-state index in [1.807, 2.05) is 21.1 Å². The Kier molecular flexibility index (Phi) is 16.5. The highest BCUT2D eigenvalue weighted by Crippen LogP contribution is 2.31. The maximum absolute atomic E-state index is 10.6. The summed E-state index contributed by atoms with van der Waals surface area (Å²) in [5, 5.41) is 19.2. The van der Waals surface area contributed by atoms with Crippen LogP contribution in [-0.2, 0) is 4.43 Å². The van der Waals surface area contributed by atoms with E-state index in [1.54, 1.807) is 0 Å². The second kappa shape index (κ2) is 16.6. The van der Waals surface area contributed by atoms with Gasteiger partial charge in [0.1, 0.15) is 5.54 Å². The fraction of sp³-hybridized carbons (Fsp3) is 1.00. The second-order valence-electron chi connectivity index (χ2n) is 11.2. The van der Waals surface area contributed by atoms with Crippen LogP contribution in [0.3, 0.4) is 0 Å². The molecule has 7 nitrogen and oxygen atoms in total. The highest BCUT2D eigenvalue weighted by molar-refractivity contribution is 6.57. The van der Waals surface area contributed by atoms with Crippen molar-refractivity contribution < 1.29 is 33.2 Å². The van der Waals surface area contributed by atoms with Gasteiger partial charge >= 0.3 is 8.80 Å². The van der Waals surface area contributed by atoms with E-state index in [9.17, 15) is 19.8 Å². The zero-order valence-electron chi connectivity index (χ0n) is 22.8. The van der Waals surface area contributed by atoms with E-state index >= 15 is 0 Å². The van der Waals surface area contributed by atoms with Crippen LogP contribution in [-0.4, -0.2) is 111 Å². The highest BCUT2D eigenvalue weighted by Gasteiger charge is 2.43. The van der Waals surface area contributed by atoms with Gasteiger partial charge in [-0.3, -0.25) is 0 Å². The lowest BCUT2D eigenvalue weighted by atomic mass is 9.85. The lowest BCUT2D eigenvalue weighted by Gasteiger charge is -2.46. The molecule has 33 heavy (non-hydrogen) atoms. The molecule has 8 heteroatoms. The Morgan fingerprint density at radius 2 is 1.18 bits per heavy atom. The van der Waals surface area contributed by atoms with Crippen molar-refractivity contribution in [2.24, 2.45) is 0 Å². The number of hydrogen-bond donors (Lipinski definition) is 4. The zero-order chi connectivity index (χ0) is 25.4. The third-order valence-corrected chi connectivity index (χ3v) is 9.20. The van der Waals surface area contributed by atoms with Crippen LogP contribution in [0.1, 0.15) is 84.5 Å². The Bertz CT molecular complexity index is 482. The number of aliphatic hydroxyl groups is 2. The monoisotopic (exact) mass is 494 g/mol. The predicted molar refractivity (Wildman–Crippen MR) is 139 cm³/mol. The summed E-state index contributed by atoms with van der Waals surface area (Å²) in [5.41, 5.74) is -0.360. The van der Waals surface area contributed by atoms with Gasteiger partial charge in [0.15, 0.2) is 0 Å². The predicted octanol–water partition coefficient (Wildman–Crippen LogP) is 3.13. The van der Waals surface area contributed by atoms with E-state index in [-0.39, 0.29) is 25.4 Å². The molecular formula is C25H58N2O5Si+2. The van der Waals surface area contributed by atoms with E-state index in [4.69, 9.17) is 4.43 Å². The average Bonchev–Trinajstić information content (AvgIpc) is 2.70. The average molecular weight is 495 g/mol. The van der Waals surface area contributed by atoms with E-state index in [0.29, 0.717) is 29.8 Å². The normalized spacial score (nSPS) is 15.1. The molecule has 0 rings (SSSR count). The molecule has 0 bridgehead atoms. The molecule has 0 aliphatic rings. The van der Waals surface area contributed by atoms with Crippen LogP contribution < -0.4 is 0 Å². The summed E-state index contributed by atoms with van der Waals surface area (Å²) in [4.78, 5) is 21.2. The van der Waals surface area contributed by atoms with Crippen molar-refractivity contribution in [3.05, 3.63) is 0 Å². The molecule has 0 saturated heterocycles. The van der Waals surface area contributed by atoms with Crippen LogP contribution in [0, 0.1) is 0 Å². The Hall–Kier alpha value is -0.0631. The van der Waals surface area contributed by atoms with Crippen LogP contribution in [0.2, 0.25) is 6.04 Å². The molecule has 0 heterocycles. The number of hydrogen-bond acceptors (Lipinski definition) is 5. The molecule has 0 aromatic heterocycles. The minimum Gasteiger partial charge on any atom is -0.396 e. The molecule has 0 aliphatic carbocycles. The lowest BCUT2D eigenvalue weighted by molar-refractivity contribution is -0.925. The molecule has 200 valence electrons. The van der Waals surface area contributed by atoms with E-state index in [2.05, 4.69) is 20.9 Å². The van der Waals surface area contributed by atoms with Crippen molar-refractivity contribution in [2.45, 2.75) is 96.1 Å². The first-order valence-electron chi connectivity index (χ1n) is 13.4. The molecule has 4 N–H and O–H groups in total. The van der Waals surface area contributed by atoms with Gasteiger partial charge in [-0.1, -0.05) is 33.1 Å². The smallest absolute Gasteiger partial charge is 0.396 e. The molecular weight excluding hydrogens is 436 g/mol. The van der Waals surface area contributed by atoms with E-state index in [0.717, 1.165) is 30.5 Å². The van der Waals surface area contributed by atoms with Gasteiger partial charge in [-0.05, 0) is 25.7 Å². The molecule has 0 fully saturated rings. The Morgan fingerprint density at radius 3 is 1.67 bits per heavy atom. The van der Waals surface area contributed by atoms with Crippen LogP contribution in [0.15, 0.2) is 0 Å². The summed E-state index contributed by atoms with van der Waals surface area (Å²) in [6, 6.07) is 0.320. The van der Waals surface area contributed by atoms with Crippen molar-refractivity contribution in [3.63, 3.8) is 0 Å². The van der Waals surface area contributed by atoms with Gasteiger partial charge in [-0.2, -0.15) is 0 Å². The molecule has 0 aromatic carbocycles. The van der Waals surface area contributed by atoms with Crippen LogP contribution >= 0.6 is 0 Å². The first-order valence-corrected chi connectivity index (χ1v) is 15.4. The molecule has 0 radical (unpaired) electrons. The summed E-state index contributed by atoms with van der Waals surface area (Å²) in [5.74, 6) is 0. The van der Waals surface area contributed by atoms with E-state index in [1.165, 1.54) is 44.9 Å². The van der Waals surface area contributed by atoms with Gasteiger partial charge in [-0.15, -0.1) is 0 Å². The molecule has 0 amide bonds. The Labute approximate surface area is 205 Å². The van der Waals surface area contributed by atoms with E-state index < -0.39 is 8.80 Å². The first-order chi connectivity index (χ1) is 15.4. The quantitative estimate of drug-likeness (QED) is 0.105. The molecule has 0 spiro atoms. The number of nitrogens with zero attached hydrogens (tertiary/aromatic N) is 2. The van der Waals surface area contributed by atoms with Crippen molar-refractivity contribution in [3.8, 4) is 0 Å². The molecule has 0 aromatic rings. The third-order valence-electron chi connectivity index (χ3n) is 7.53. The third kappa shape index (κ3) is 13.6. The molecule has 0 saturated carbocycles. The van der Waals surface area contributed by atoms with Crippen LogP contribution in [0.5, 0.6) is 0 Å². The van der Waals surface area contributed by atoms with Gasteiger partial charge in [-0.25, -0.2) is 0 Å². The Balaban J connectivity index is 4.79. The summed E-state index contributed by atoms with van der Waals surface area (Å²) < 4.78 is 7.25. The van der Waals surface area contributed by atoms with Crippen molar-refractivity contribution >= 4 is 8.80 Å². The minimum absolute atomic E-state index is 0.0309. The fourth-order valence-corrected chi connectivity index (χ4v) is 6.16. The summed E-state index contributed by atoms with van der Waals surface area (Å²) >= 11 is 0. The Morgan fingerprint density at radius 1 is 0.697 bits per heavy atom. The van der Waals surface area contributed by atoms with Gasteiger partial charge in [0, 0.05) is 51.5 Å². The maximum atomic E-state index is 10.6. The minimum atomic E-state index is -3.73. The highest BCUT2D eigenvalue weighted by atomic mass is 28.4. The van der Waals surface area contributed by atoms with Crippen molar-refractivity contribution in [1.29, 1.82) is 0 Å². The molecule has 1 atom stereocenters. The van der Waals surface area contributed by atoms with Crippen LogP contribution in [0.4, 0.5) is 0 Å². The SMILES string of the molecule is CCCCCC[N+](C)(CCCCC)CCC[Si](O)(O)OCCC(CCO)(CCO)[N+](C)(C)C. The van der Waals surface area contributed by atoms with Crippen LogP contribution in [0.25, 0.3) is 0 Å². The first kappa shape index (κ1) is 32.9. The standard InChI is InChI=1S/C25H58N2O5Si/c1-7-9-11-13-19-27(6,18-12-10-8-2)20-14-24-33(30,31)32-23-17-25(15-21-28,16-22-29)26(3,4)5/h28-31H,7-24H2,1-6H3/q+2. The summed E-state index contributed by atoms with van der Waals surface area (Å²) in [6.07, 6.45) is 11.1. The lowest BCUT2D eigenvalue weighted by Crippen LogP contribution is -2.59. The van der Waals surface area contributed by atoms with Crippen molar-refractivity contribution in [2.75, 3.05) is 67.6 Å². The van der Waals surface area contributed by atoms with Gasteiger partial charge in [0.2, 0.25) is 0 Å². The van der Waals surface area contributed by atoms with Crippen molar-refractivity contribution in [1.82, 2.24) is 0 Å². The summed E-state index contributed by atoms with van der Waals surface area (Å²) in [7, 11) is 4.73. The number of quaternary nitrogens is 2. The number of aliphatic hydroxyl groups excluding tert-OH is 2. The fourth-order valence-electron chi connectivity index (χ4n) is 4.96. The maximum Gasteiger partial charge on any atom is 0.495 e. The van der Waals surface area contributed by atoms with Gasteiger partial charge in [0.25, 0.3) is 0 Å². The topological polar surface area (TPSA) is 90.2 Å². The summed E-state index contributed by atoms with van der Waals surface area (Å²) in [6.45, 7) is 8.02. The number of unbranched alkanes of at least 4 members (excludes halogenated alkanes) is 5. The largest absolute Gasteiger partial charge is 0.495 e. The number of rotatable bonds is 22. The molecule has 1 unspecified atom stereocenters.